The largest absolute Gasteiger partial charge is 0.346 e. The van der Waals surface area contributed by atoms with Crippen molar-refractivity contribution in [3.05, 3.63) is 70.4 Å². The van der Waals surface area contributed by atoms with Crippen molar-refractivity contribution in [2.45, 2.75) is 18.9 Å². The molecule has 2 aromatic carbocycles. The molecular formula is C22H23N5O2S. The monoisotopic (exact) mass is 421 g/mol. The molecule has 0 saturated carbocycles. The summed E-state index contributed by atoms with van der Waals surface area (Å²) in [5, 5.41) is 11.0. The Hall–Kier alpha value is -3.13. The van der Waals surface area contributed by atoms with Crippen molar-refractivity contribution in [3.63, 3.8) is 0 Å². The number of carbonyl (C=O) groups excluding carboxylic acids is 1. The maximum Gasteiger partial charge on any atom is 0.272 e. The van der Waals surface area contributed by atoms with Gasteiger partial charge >= 0.3 is 0 Å². The van der Waals surface area contributed by atoms with Gasteiger partial charge in [0.25, 0.3) is 5.56 Å². The molecule has 2 aromatic heterocycles. The normalized spacial score (nSPS) is 12.3. The summed E-state index contributed by atoms with van der Waals surface area (Å²) in [7, 11) is 1.97. The second-order valence-corrected chi connectivity index (χ2v) is 8.13. The van der Waals surface area contributed by atoms with E-state index in [9.17, 15) is 9.59 Å². The van der Waals surface area contributed by atoms with E-state index in [1.54, 1.807) is 23.9 Å². The lowest BCUT2D eigenvalue weighted by Crippen LogP contribution is -2.32. The number of amides is 1. The smallest absolute Gasteiger partial charge is 0.272 e. The number of imidazole rings is 1. The first-order valence-corrected chi connectivity index (χ1v) is 11.1. The number of benzene rings is 2. The summed E-state index contributed by atoms with van der Waals surface area (Å²) in [6.07, 6.45) is 2.89. The van der Waals surface area contributed by atoms with Gasteiger partial charge in [-0.15, -0.1) is 0 Å². The Morgan fingerprint density at radius 2 is 1.90 bits per heavy atom. The quantitative estimate of drug-likeness (QED) is 0.479. The summed E-state index contributed by atoms with van der Waals surface area (Å²) in [5.41, 5.74) is 2.24. The summed E-state index contributed by atoms with van der Waals surface area (Å²) in [6.45, 7) is 0. The average Bonchev–Trinajstić information content (AvgIpc) is 3.10. The van der Waals surface area contributed by atoms with E-state index in [-0.39, 0.29) is 23.9 Å². The Balaban J connectivity index is 1.61. The fourth-order valence-electron chi connectivity index (χ4n) is 3.68. The summed E-state index contributed by atoms with van der Waals surface area (Å²) in [6, 6.07) is 14.9. The van der Waals surface area contributed by atoms with Crippen LogP contribution in [0.15, 0.2) is 53.3 Å². The van der Waals surface area contributed by atoms with Crippen LogP contribution in [0.5, 0.6) is 0 Å². The molecule has 30 heavy (non-hydrogen) atoms. The molecule has 0 spiro atoms. The summed E-state index contributed by atoms with van der Waals surface area (Å²) >= 11 is 1.73. The number of aromatic nitrogens is 4. The second kappa shape index (κ2) is 8.71. The van der Waals surface area contributed by atoms with E-state index < -0.39 is 0 Å². The molecule has 1 amide bonds. The predicted octanol–water partition coefficient (Wildman–Crippen LogP) is 2.96. The van der Waals surface area contributed by atoms with Crippen molar-refractivity contribution in [2.24, 2.45) is 7.05 Å². The van der Waals surface area contributed by atoms with Crippen LogP contribution in [0.3, 0.4) is 0 Å². The van der Waals surface area contributed by atoms with Crippen molar-refractivity contribution in [2.75, 3.05) is 12.0 Å². The topological polar surface area (TPSA) is 92.7 Å². The molecule has 8 heteroatoms. The molecule has 0 aliphatic rings. The van der Waals surface area contributed by atoms with E-state index in [0.29, 0.717) is 16.5 Å². The van der Waals surface area contributed by atoms with Crippen molar-refractivity contribution >= 4 is 39.5 Å². The highest BCUT2D eigenvalue weighted by atomic mass is 32.2. The van der Waals surface area contributed by atoms with Gasteiger partial charge in [0.2, 0.25) is 5.91 Å². The van der Waals surface area contributed by atoms with Crippen molar-refractivity contribution < 1.29 is 4.79 Å². The zero-order chi connectivity index (χ0) is 21.1. The number of thioether (sulfide) groups is 1. The third-order valence-corrected chi connectivity index (χ3v) is 5.83. The molecule has 0 radical (unpaired) electrons. The van der Waals surface area contributed by atoms with E-state index in [0.717, 1.165) is 29.0 Å². The maximum atomic E-state index is 12.9. The third kappa shape index (κ3) is 3.95. The molecule has 0 fully saturated rings. The van der Waals surface area contributed by atoms with Gasteiger partial charge in [-0.3, -0.25) is 9.59 Å². The molecule has 154 valence electrons. The summed E-state index contributed by atoms with van der Waals surface area (Å²) < 4.78 is 2.04. The van der Waals surface area contributed by atoms with Crippen LogP contribution >= 0.6 is 11.8 Å². The first-order valence-electron chi connectivity index (χ1n) is 9.74. The predicted molar refractivity (Wildman–Crippen MR) is 121 cm³/mol. The van der Waals surface area contributed by atoms with E-state index >= 15 is 0 Å². The molecule has 7 nitrogen and oxygen atoms in total. The van der Waals surface area contributed by atoms with Gasteiger partial charge in [0, 0.05) is 12.4 Å². The Bertz CT molecular complexity index is 1260. The summed E-state index contributed by atoms with van der Waals surface area (Å²) in [5.74, 6) is 1.57. The number of nitrogens with zero attached hydrogens (tertiary/aromatic N) is 3. The number of hydrogen-bond acceptors (Lipinski definition) is 5. The van der Waals surface area contributed by atoms with E-state index in [1.807, 2.05) is 54.3 Å². The van der Waals surface area contributed by atoms with Crippen molar-refractivity contribution in [1.82, 2.24) is 25.1 Å². The number of aryl methyl sites for hydroxylation is 1. The zero-order valence-corrected chi connectivity index (χ0v) is 17.7. The molecule has 1 unspecified atom stereocenters. The third-order valence-electron chi connectivity index (χ3n) is 5.18. The molecule has 2 N–H and O–H groups in total. The lowest BCUT2D eigenvalue weighted by Gasteiger charge is -2.18. The Labute approximate surface area is 177 Å². The van der Waals surface area contributed by atoms with Gasteiger partial charge < -0.3 is 9.88 Å². The Morgan fingerprint density at radius 1 is 1.17 bits per heavy atom. The number of rotatable bonds is 7. The van der Waals surface area contributed by atoms with Crippen LogP contribution in [0.1, 0.15) is 24.0 Å². The SMILES string of the molecule is CSCCC(NC(=O)Cc1n[nH]c(=O)c2ccccc12)c1nc2ccccc2n1C. The number of nitrogens with one attached hydrogen (secondary N) is 2. The minimum Gasteiger partial charge on any atom is -0.346 e. The highest BCUT2D eigenvalue weighted by molar-refractivity contribution is 7.98. The number of hydrogen-bond donors (Lipinski definition) is 2. The zero-order valence-electron chi connectivity index (χ0n) is 16.9. The first kappa shape index (κ1) is 20.2. The molecule has 0 aliphatic heterocycles. The van der Waals surface area contributed by atoms with Gasteiger partial charge in [-0.25, -0.2) is 10.1 Å². The molecule has 0 aliphatic carbocycles. The van der Waals surface area contributed by atoms with Gasteiger partial charge in [-0.1, -0.05) is 30.3 Å². The molecule has 2 heterocycles. The van der Waals surface area contributed by atoms with Gasteiger partial charge in [0.05, 0.1) is 34.6 Å². The first-order chi connectivity index (χ1) is 14.6. The van der Waals surface area contributed by atoms with Gasteiger partial charge in [0.15, 0.2) is 0 Å². The van der Waals surface area contributed by atoms with Crippen LogP contribution < -0.4 is 10.9 Å². The number of aromatic amines is 1. The molecule has 4 rings (SSSR count). The van der Waals surface area contributed by atoms with Crippen LogP contribution in [-0.2, 0) is 18.3 Å². The van der Waals surface area contributed by atoms with Gasteiger partial charge in [-0.05, 0) is 36.6 Å². The standard InChI is InChI=1S/C22H23N5O2S/c1-27-19-10-6-5-9-16(19)24-21(27)17(11-12-30-2)23-20(28)13-18-14-7-3-4-8-15(14)22(29)26-25-18/h3-10,17H,11-13H2,1-2H3,(H,23,28)(H,26,29). The van der Waals surface area contributed by atoms with Crippen LogP contribution in [-0.4, -0.2) is 37.7 Å². The van der Waals surface area contributed by atoms with Crippen molar-refractivity contribution in [3.8, 4) is 0 Å². The number of H-pyrrole nitrogens is 1. The molecule has 4 aromatic rings. The van der Waals surface area contributed by atoms with E-state index in [4.69, 9.17) is 4.98 Å². The van der Waals surface area contributed by atoms with Crippen LogP contribution in [0.2, 0.25) is 0 Å². The van der Waals surface area contributed by atoms with E-state index in [2.05, 4.69) is 15.5 Å². The highest BCUT2D eigenvalue weighted by Gasteiger charge is 2.21. The number of para-hydroxylation sites is 2. The minimum atomic E-state index is -0.257. The molecule has 0 bridgehead atoms. The number of carbonyl (C=O) groups is 1. The minimum absolute atomic E-state index is 0.0804. The molecule has 0 saturated heterocycles. The molecule has 1 atom stereocenters. The molecular weight excluding hydrogens is 398 g/mol. The van der Waals surface area contributed by atoms with Gasteiger partial charge in [-0.2, -0.15) is 16.9 Å². The lowest BCUT2D eigenvalue weighted by atomic mass is 10.1. The van der Waals surface area contributed by atoms with E-state index in [1.165, 1.54) is 0 Å². The lowest BCUT2D eigenvalue weighted by molar-refractivity contribution is -0.121. The van der Waals surface area contributed by atoms with Gasteiger partial charge in [0.1, 0.15) is 5.82 Å². The van der Waals surface area contributed by atoms with Crippen molar-refractivity contribution in [1.29, 1.82) is 0 Å². The summed E-state index contributed by atoms with van der Waals surface area (Å²) in [4.78, 5) is 29.7. The Kier molecular flexibility index (Phi) is 5.85. The van der Waals surface area contributed by atoms with Crippen LogP contribution in [0, 0.1) is 0 Å². The highest BCUT2D eigenvalue weighted by Crippen LogP contribution is 2.23. The Morgan fingerprint density at radius 3 is 2.67 bits per heavy atom. The number of fused-ring (bicyclic) bond motifs is 2. The van der Waals surface area contributed by atoms with Crippen LogP contribution in [0.4, 0.5) is 0 Å². The maximum absolute atomic E-state index is 12.9. The van der Waals surface area contributed by atoms with Crippen LogP contribution in [0.25, 0.3) is 21.8 Å². The fourth-order valence-corrected chi connectivity index (χ4v) is 4.15. The fraction of sp³-hybridized carbons (Fsp3) is 0.273. The second-order valence-electron chi connectivity index (χ2n) is 7.14. The average molecular weight is 422 g/mol.